The van der Waals surface area contributed by atoms with E-state index >= 15 is 0 Å². The van der Waals surface area contributed by atoms with E-state index in [9.17, 15) is 0 Å². The summed E-state index contributed by atoms with van der Waals surface area (Å²) >= 11 is 0. The maximum Gasteiger partial charge on any atom is 0.188 e. The van der Waals surface area contributed by atoms with Gasteiger partial charge in [-0.3, -0.25) is 0 Å². The summed E-state index contributed by atoms with van der Waals surface area (Å²) in [4.78, 5) is 4.19. The van der Waals surface area contributed by atoms with Crippen molar-refractivity contribution < 1.29 is 4.74 Å². The Hall–Kier alpha value is -2.75. The van der Waals surface area contributed by atoms with Crippen LogP contribution in [0.4, 0.5) is 0 Å². The second-order valence-electron chi connectivity index (χ2n) is 5.76. The molecule has 126 valence electrons. The molecule has 0 aliphatic carbocycles. The Kier molecular flexibility index (Phi) is 6.90. The summed E-state index contributed by atoms with van der Waals surface area (Å²) < 4.78 is 5.85. The average Bonchev–Trinajstić information content (AvgIpc) is 2.59. The molecule has 2 aromatic carbocycles. The lowest BCUT2D eigenvalue weighted by atomic mass is 10.1. The van der Waals surface area contributed by atoms with Crippen molar-refractivity contribution in [1.82, 2.24) is 5.32 Å². The van der Waals surface area contributed by atoms with Crippen LogP contribution in [0, 0.1) is 0 Å². The molecule has 4 nitrogen and oxygen atoms in total. The Morgan fingerprint density at radius 3 is 2.62 bits per heavy atom. The monoisotopic (exact) mass is 323 g/mol. The summed E-state index contributed by atoms with van der Waals surface area (Å²) in [5, 5.41) is 3.11. The highest BCUT2D eigenvalue weighted by Crippen LogP contribution is 2.15. The highest BCUT2D eigenvalue weighted by atomic mass is 16.5. The number of benzene rings is 2. The van der Waals surface area contributed by atoms with Gasteiger partial charge in [0.15, 0.2) is 5.96 Å². The van der Waals surface area contributed by atoms with Crippen molar-refractivity contribution in [3.63, 3.8) is 0 Å². The SMILES string of the molecule is C=C(C)CN=C(N)NCCc1cccc(OCc2ccccc2)c1. The zero-order valence-corrected chi connectivity index (χ0v) is 14.2. The van der Waals surface area contributed by atoms with E-state index in [-0.39, 0.29) is 0 Å². The van der Waals surface area contributed by atoms with Crippen LogP contribution in [-0.2, 0) is 13.0 Å². The molecule has 0 bridgehead atoms. The molecule has 0 fully saturated rings. The van der Waals surface area contributed by atoms with Gasteiger partial charge in [0.1, 0.15) is 12.4 Å². The quantitative estimate of drug-likeness (QED) is 0.445. The molecule has 0 aliphatic rings. The normalized spacial score (nSPS) is 11.1. The largest absolute Gasteiger partial charge is 0.489 e. The summed E-state index contributed by atoms with van der Waals surface area (Å²) in [7, 11) is 0. The molecule has 0 spiro atoms. The number of nitrogens with one attached hydrogen (secondary N) is 1. The van der Waals surface area contributed by atoms with Gasteiger partial charge in [-0.2, -0.15) is 0 Å². The third-order valence-electron chi connectivity index (χ3n) is 3.39. The van der Waals surface area contributed by atoms with Gasteiger partial charge in [-0.15, -0.1) is 0 Å². The summed E-state index contributed by atoms with van der Waals surface area (Å²) in [5.74, 6) is 1.33. The van der Waals surface area contributed by atoms with Crippen LogP contribution in [0.1, 0.15) is 18.1 Å². The Morgan fingerprint density at radius 2 is 1.88 bits per heavy atom. The van der Waals surface area contributed by atoms with Gasteiger partial charge in [0.2, 0.25) is 0 Å². The molecule has 0 aromatic heterocycles. The van der Waals surface area contributed by atoms with Gasteiger partial charge in [0, 0.05) is 6.54 Å². The Labute approximate surface area is 144 Å². The molecular weight excluding hydrogens is 298 g/mol. The summed E-state index contributed by atoms with van der Waals surface area (Å²) in [6.07, 6.45) is 0.853. The number of hydrogen-bond donors (Lipinski definition) is 2. The first-order valence-electron chi connectivity index (χ1n) is 8.07. The van der Waals surface area contributed by atoms with E-state index in [1.165, 1.54) is 5.56 Å². The zero-order valence-electron chi connectivity index (χ0n) is 14.2. The lowest BCUT2D eigenvalue weighted by molar-refractivity contribution is 0.306. The predicted molar refractivity (Wildman–Crippen MR) is 100 cm³/mol. The van der Waals surface area contributed by atoms with Crippen LogP contribution in [0.15, 0.2) is 71.7 Å². The molecule has 24 heavy (non-hydrogen) atoms. The maximum atomic E-state index is 5.85. The number of nitrogens with zero attached hydrogens (tertiary/aromatic N) is 1. The first kappa shape index (κ1) is 17.6. The number of nitrogens with two attached hydrogens (primary N) is 1. The van der Waals surface area contributed by atoms with Crippen molar-refractivity contribution in [2.45, 2.75) is 20.0 Å². The number of hydrogen-bond acceptors (Lipinski definition) is 2. The molecule has 0 amide bonds. The van der Waals surface area contributed by atoms with E-state index in [0.29, 0.717) is 19.1 Å². The summed E-state index contributed by atoms with van der Waals surface area (Å²) in [5.41, 5.74) is 9.14. The van der Waals surface area contributed by atoms with E-state index in [0.717, 1.165) is 29.9 Å². The van der Waals surface area contributed by atoms with Crippen molar-refractivity contribution >= 4 is 5.96 Å². The van der Waals surface area contributed by atoms with Gasteiger partial charge in [0.25, 0.3) is 0 Å². The lowest BCUT2D eigenvalue weighted by Gasteiger charge is -2.09. The molecule has 3 N–H and O–H groups in total. The van der Waals surface area contributed by atoms with Crippen LogP contribution < -0.4 is 15.8 Å². The number of aliphatic imine (C=N–C) groups is 1. The van der Waals surface area contributed by atoms with E-state index in [2.05, 4.69) is 41.2 Å². The summed E-state index contributed by atoms with van der Waals surface area (Å²) in [6.45, 7) is 7.59. The Morgan fingerprint density at radius 1 is 1.12 bits per heavy atom. The standard InChI is InChI=1S/C20H25N3O/c1-16(2)14-23-20(21)22-12-11-17-9-6-10-19(13-17)24-15-18-7-4-3-5-8-18/h3-10,13H,1,11-12,14-15H2,2H3,(H3,21,22,23). The van der Waals surface area contributed by atoms with Crippen LogP contribution in [-0.4, -0.2) is 19.0 Å². The van der Waals surface area contributed by atoms with Crippen LogP contribution >= 0.6 is 0 Å². The fraction of sp³-hybridized carbons (Fsp3) is 0.250. The second kappa shape index (κ2) is 9.40. The third-order valence-corrected chi connectivity index (χ3v) is 3.39. The van der Waals surface area contributed by atoms with E-state index < -0.39 is 0 Å². The van der Waals surface area contributed by atoms with E-state index in [1.807, 2.05) is 37.3 Å². The Balaban J connectivity index is 1.80. The average molecular weight is 323 g/mol. The smallest absolute Gasteiger partial charge is 0.188 e. The van der Waals surface area contributed by atoms with Gasteiger partial charge in [-0.05, 0) is 36.6 Å². The molecule has 0 heterocycles. The topological polar surface area (TPSA) is 59.6 Å². The zero-order chi connectivity index (χ0) is 17.2. The lowest BCUT2D eigenvalue weighted by Crippen LogP contribution is -2.33. The van der Waals surface area contributed by atoms with Gasteiger partial charge < -0.3 is 15.8 Å². The molecular formula is C20H25N3O. The molecule has 0 atom stereocenters. The minimum Gasteiger partial charge on any atom is -0.489 e. The molecule has 0 saturated heterocycles. The van der Waals surface area contributed by atoms with Crippen molar-refractivity contribution in [3.05, 3.63) is 77.9 Å². The van der Waals surface area contributed by atoms with Crippen molar-refractivity contribution in [1.29, 1.82) is 0 Å². The number of rotatable bonds is 8. The molecule has 0 unspecified atom stereocenters. The fourth-order valence-corrected chi connectivity index (χ4v) is 2.14. The van der Waals surface area contributed by atoms with Gasteiger partial charge in [-0.25, -0.2) is 4.99 Å². The summed E-state index contributed by atoms with van der Waals surface area (Å²) in [6, 6.07) is 18.3. The van der Waals surface area contributed by atoms with Crippen molar-refractivity contribution in [3.8, 4) is 5.75 Å². The van der Waals surface area contributed by atoms with Crippen LogP contribution in [0.5, 0.6) is 5.75 Å². The molecule has 2 rings (SSSR count). The predicted octanol–water partition coefficient (Wildman–Crippen LogP) is 3.29. The van der Waals surface area contributed by atoms with Crippen molar-refractivity contribution in [2.24, 2.45) is 10.7 Å². The van der Waals surface area contributed by atoms with Gasteiger partial charge in [-0.1, -0.05) is 54.6 Å². The van der Waals surface area contributed by atoms with Crippen LogP contribution in [0.3, 0.4) is 0 Å². The van der Waals surface area contributed by atoms with Crippen molar-refractivity contribution in [2.75, 3.05) is 13.1 Å². The first-order valence-corrected chi connectivity index (χ1v) is 8.07. The fourth-order valence-electron chi connectivity index (χ4n) is 2.14. The van der Waals surface area contributed by atoms with Crippen LogP contribution in [0.25, 0.3) is 0 Å². The second-order valence-corrected chi connectivity index (χ2v) is 5.76. The van der Waals surface area contributed by atoms with Gasteiger partial charge in [0.05, 0.1) is 6.54 Å². The van der Waals surface area contributed by atoms with E-state index in [1.54, 1.807) is 0 Å². The number of ether oxygens (including phenoxy) is 1. The van der Waals surface area contributed by atoms with E-state index in [4.69, 9.17) is 10.5 Å². The molecule has 0 aliphatic heterocycles. The highest BCUT2D eigenvalue weighted by molar-refractivity contribution is 5.77. The molecule has 2 aromatic rings. The maximum absolute atomic E-state index is 5.85. The molecule has 4 heteroatoms. The Bertz CT molecular complexity index is 680. The third kappa shape index (κ3) is 6.57. The first-order chi connectivity index (χ1) is 11.6. The van der Waals surface area contributed by atoms with Crippen LogP contribution in [0.2, 0.25) is 0 Å². The molecule has 0 saturated carbocycles. The number of guanidine groups is 1. The molecule has 0 radical (unpaired) electrons. The minimum absolute atomic E-state index is 0.453. The highest BCUT2D eigenvalue weighted by Gasteiger charge is 1.99. The minimum atomic E-state index is 0.453. The van der Waals surface area contributed by atoms with Gasteiger partial charge >= 0.3 is 0 Å².